The molecule has 0 saturated carbocycles. The van der Waals surface area contributed by atoms with Crippen molar-refractivity contribution in [2.75, 3.05) is 6.54 Å². The molecule has 0 aliphatic heterocycles. The van der Waals surface area contributed by atoms with Gasteiger partial charge in [0.25, 0.3) is 0 Å². The first-order valence-corrected chi connectivity index (χ1v) is 7.63. The topological polar surface area (TPSA) is 48.8 Å². The number of aliphatic imine (C=N–C) groups is 1. The monoisotopic (exact) mass is 282 g/mol. The molecule has 1 atom stereocenters. The molecule has 0 fully saturated rings. The van der Waals surface area contributed by atoms with E-state index >= 15 is 0 Å². The maximum atomic E-state index is 4.70. The van der Waals surface area contributed by atoms with Crippen molar-refractivity contribution in [3.05, 3.63) is 12.7 Å². The molecule has 0 spiro atoms. The second-order valence-corrected chi connectivity index (χ2v) is 5.05. The Morgan fingerprint density at radius 3 is 2.83 bits per heavy atom. The number of nitrogens with zero attached hydrogens (tertiary/aromatic N) is 2. The van der Waals surface area contributed by atoms with Gasteiger partial charge in [0.05, 0.1) is 5.16 Å². The van der Waals surface area contributed by atoms with Gasteiger partial charge in [0.15, 0.2) is 0 Å². The molecular weight excluding hydrogens is 259 g/mol. The molecule has 18 heavy (non-hydrogen) atoms. The van der Waals surface area contributed by atoms with Gasteiger partial charge < -0.3 is 4.41 Å². The summed E-state index contributed by atoms with van der Waals surface area (Å²) in [5.74, 6) is 0. The van der Waals surface area contributed by atoms with E-state index in [0.29, 0.717) is 0 Å². The Balaban J connectivity index is 4.08. The average molecular weight is 282 g/mol. The van der Waals surface area contributed by atoms with Crippen LogP contribution in [0.1, 0.15) is 39.5 Å². The van der Waals surface area contributed by atoms with Crippen LogP contribution in [-0.2, 0) is 0 Å². The minimum atomic E-state index is -0.323. The van der Waals surface area contributed by atoms with Gasteiger partial charge in [0, 0.05) is 12.3 Å². The van der Waals surface area contributed by atoms with Gasteiger partial charge >= 0.3 is 16.5 Å². The molecule has 2 N–H and O–H groups in total. The van der Waals surface area contributed by atoms with Crippen molar-refractivity contribution in [3.8, 4) is 0 Å². The van der Waals surface area contributed by atoms with E-state index in [1.54, 1.807) is 0 Å². The van der Waals surface area contributed by atoms with Gasteiger partial charge in [0.1, 0.15) is 5.66 Å². The molecule has 0 radical (unpaired) electrons. The summed E-state index contributed by atoms with van der Waals surface area (Å²) in [5, 5.41) is 9.97. The predicted molar refractivity (Wildman–Crippen MR) is 84.9 cm³/mol. The van der Waals surface area contributed by atoms with Crippen molar-refractivity contribution in [2.45, 2.75) is 45.2 Å². The van der Waals surface area contributed by atoms with Crippen molar-refractivity contribution in [1.82, 2.24) is 9.73 Å². The zero-order valence-corrected chi connectivity index (χ0v) is 14.4. The van der Waals surface area contributed by atoms with Crippen LogP contribution in [0, 0.1) is 0 Å². The number of thiocarbonyl (C=S) groups is 1. The van der Waals surface area contributed by atoms with E-state index < -0.39 is 0 Å². The van der Waals surface area contributed by atoms with Crippen molar-refractivity contribution in [3.63, 3.8) is 0 Å². The highest BCUT2D eigenvalue weighted by Crippen LogP contribution is 2.16. The minimum absolute atomic E-state index is 0.323. The maximum absolute atomic E-state index is 4.70. The average Bonchev–Trinajstić information content (AvgIpc) is 2.33. The summed E-state index contributed by atoms with van der Waals surface area (Å²) < 4.78 is 2.93. The first kappa shape index (κ1) is 17.5. The fourth-order valence-electron chi connectivity index (χ4n) is 1.67. The number of hydrogen-bond donors (Lipinski definition) is 2. The van der Waals surface area contributed by atoms with Crippen LogP contribution in [0.25, 0.3) is 0 Å². The molecule has 0 bridgehead atoms. The van der Waals surface area contributed by atoms with E-state index in [2.05, 4.69) is 38.5 Å². The fraction of sp³-hybridized carbons (Fsp3) is 0.667. The van der Waals surface area contributed by atoms with Gasteiger partial charge in [0.2, 0.25) is 0 Å². The Morgan fingerprint density at radius 2 is 2.28 bits per heavy atom. The molecule has 0 aliphatic rings. The van der Waals surface area contributed by atoms with Crippen LogP contribution in [0.4, 0.5) is 0 Å². The molecule has 4 nitrogen and oxygen atoms in total. The van der Waals surface area contributed by atoms with Crippen LogP contribution in [-0.4, -0.2) is 39.6 Å². The van der Waals surface area contributed by atoms with E-state index in [4.69, 9.17) is 12.2 Å². The molecule has 6 heteroatoms. The first-order chi connectivity index (χ1) is 8.58. The van der Waals surface area contributed by atoms with Crippen molar-refractivity contribution < 1.29 is 0 Å². The first-order valence-electron chi connectivity index (χ1n) is 6.23. The zero-order chi connectivity index (χ0) is 13.9. The van der Waals surface area contributed by atoms with Crippen LogP contribution in [0.5, 0.6) is 0 Å². The maximum Gasteiger partial charge on any atom is 0.384 e. The van der Waals surface area contributed by atoms with Crippen LogP contribution in [0.2, 0.25) is 0 Å². The third kappa shape index (κ3) is 8.57. The zero-order valence-electron chi connectivity index (χ0n) is 11.6. The molecule has 0 heterocycles. The van der Waals surface area contributed by atoms with Gasteiger partial charge in [-0.1, -0.05) is 6.08 Å². The highest BCUT2D eigenvalue weighted by molar-refractivity contribution is 7.78. The largest absolute Gasteiger partial charge is 0.406 e. The number of hydrazone groups is 1. The molecule has 0 aromatic rings. The van der Waals surface area contributed by atoms with Gasteiger partial charge in [-0.15, -0.1) is 6.58 Å². The van der Waals surface area contributed by atoms with E-state index in [-0.39, 0.29) is 5.66 Å². The van der Waals surface area contributed by atoms with Crippen LogP contribution in [0.15, 0.2) is 22.7 Å². The molecule has 1 unspecified atom stereocenters. The normalized spacial score (nSPS) is 14.4. The summed E-state index contributed by atoms with van der Waals surface area (Å²) in [5.41, 5.74) is 0.834. The van der Waals surface area contributed by atoms with Gasteiger partial charge in [-0.3, -0.25) is 5.32 Å². The van der Waals surface area contributed by atoms with Gasteiger partial charge in [-0.2, -0.15) is 0 Å². The third-order valence-electron chi connectivity index (χ3n) is 2.67. The molecule has 100 valence electrons. The Kier molecular flexibility index (Phi) is 10.1. The molecular formula is C12H23AlN4S. The fourth-order valence-corrected chi connectivity index (χ4v) is 2.26. The third-order valence-corrected chi connectivity index (χ3v) is 2.99. The van der Waals surface area contributed by atoms with Crippen LogP contribution >= 0.6 is 12.2 Å². The number of rotatable bonds is 10. The number of isothiocyanates is 1. The second-order valence-electron chi connectivity index (χ2n) is 4.42. The molecule has 0 aliphatic carbocycles. The summed E-state index contributed by atoms with van der Waals surface area (Å²) in [4.78, 5) is 4.22. The molecule has 0 aromatic heterocycles. The van der Waals surface area contributed by atoms with Gasteiger partial charge in [-0.05, 0) is 51.7 Å². The Hall–Kier alpha value is -0.498. The summed E-state index contributed by atoms with van der Waals surface area (Å²) in [6.45, 7) is 8.51. The lowest BCUT2D eigenvalue weighted by Gasteiger charge is -2.24. The lowest BCUT2D eigenvalue weighted by molar-refractivity contribution is 0.350. The van der Waals surface area contributed by atoms with Crippen LogP contribution < -0.4 is 9.73 Å². The molecule has 0 amide bonds. The van der Waals surface area contributed by atoms with E-state index in [9.17, 15) is 0 Å². The highest BCUT2D eigenvalue weighted by Gasteiger charge is 2.20. The number of unbranched alkanes of at least 4 members (excludes halogenated alkanes) is 1. The van der Waals surface area contributed by atoms with E-state index in [1.807, 2.05) is 13.0 Å². The summed E-state index contributed by atoms with van der Waals surface area (Å²) in [6.07, 6.45) is 5.97. The number of nitrogens with one attached hydrogen (secondary N) is 2. The second kappa shape index (κ2) is 10.4. The Morgan fingerprint density at radius 1 is 1.56 bits per heavy atom. The lowest BCUT2D eigenvalue weighted by Crippen LogP contribution is -2.40. The lowest BCUT2D eigenvalue weighted by atomic mass is 10.0. The Bertz CT molecular complexity index is 326. The van der Waals surface area contributed by atoms with Crippen molar-refractivity contribution in [2.24, 2.45) is 10.1 Å². The molecule has 0 rings (SSSR count). The predicted octanol–water partition coefficient (Wildman–Crippen LogP) is 1.65. The van der Waals surface area contributed by atoms with Crippen molar-refractivity contribution in [1.29, 1.82) is 0 Å². The van der Waals surface area contributed by atoms with Gasteiger partial charge in [-0.25, -0.2) is 10.1 Å². The summed E-state index contributed by atoms with van der Waals surface area (Å²) in [6, 6.07) is 0. The quantitative estimate of drug-likeness (QED) is 0.160. The van der Waals surface area contributed by atoms with E-state index in [1.165, 1.54) is 0 Å². The summed E-state index contributed by atoms with van der Waals surface area (Å²) >= 11 is 5.60. The Labute approximate surface area is 124 Å². The van der Waals surface area contributed by atoms with Crippen LogP contribution in [0.3, 0.4) is 0 Å². The van der Waals surface area contributed by atoms with Crippen molar-refractivity contribution >= 4 is 39.6 Å². The highest BCUT2D eigenvalue weighted by atomic mass is 32.1. The smallest absolute Gasteiger partial charge is 0.384 e. The SMILES string of the molecule is C=CCNC(C)(CCCC/C(C)=N/[NH][AlH2])N=C=S. The summed E-state index contributed by atoms with van der Waals surface area (Å²) in [7, 11) is 0. The van der Waals surface area contributed by atoms with E-state index in [0.717, 1.165) is 54.5 Å². The molecule has 0 saturated heterocycles. The standard InChI is InChI=1S/C12H21N4S.Al.2H/c1-4-9-14-12(3,15-10-17)8-6-5-7-11(2)16-13;;;/h4,13-14H,1,5-9H2,2-3H3;;;/q-1;+1;;/b16-11+;;;. The number of hydrogen-bond acceptors (Lipinski definition) is 5. The molecule has 0 aromatic carbocycles. The minimum Gasteiger partial charge on any atom is -0.406 e.